The molecule has 6 heteroatoms. The van der Waals surface area contributed by atoms with Gasteiger partial charge in [-0.15, -0.1) is 0 Å². The van der Waals surface area contributed by atoms with Gasteiger partial charge in [0.1, 0.15) is 0 Å². The summed E-state index contributed by atoms with van der Waals surface area (Å²) >= 11 is 0. The quantitative estimate of drug-likeness (QED) is 0.520. The first-order valence-corrected chi connectivity index (χ1v) is 6.76. The summed E-state index contributed by atoms with van der Waals surface area (Å²) in [6, 6.07) is 2.46. The van der Waals surface area contributed by atoms with Gasteiger partial charge < -0.3 is 4.74 Å². The fourth-order valence-corrected chi connectivity index (χ4v) is 2.17. The summed E-state index contributed by atoms with van der Waals surface area (Å²) in [6.45, 7) is 6.83. The van der Waals surface area contributed by atoms with Crippen LogP contribution in [-0.4, -0.2) is 41.2 Å². The van der Waals surface area contributed by atoms with E-state index in [1.54, 1.807) is 13.3 Å². The van der Waals surface area contributed by atoms with Crippen LogP contribution in [0.3, 0.4) is 0 Å². The third-order valence-electron chi connectivity index (χ3n) is 3.25. The summed E-state index contributed by atoms with van der Waals surface area (Å²) in [5.74, 6) is 5.79. The zero-order valence-corrected chi connectivity index (χ0v) is 12.1. The molecule has 0 saturated carbocycles. The molecule has 1 aromatic heterocycles. The van der Waals surface area contributed by atoms with Gasteiger partial charge in [0.2, 0.25) is 5.95 Å². The van der Waals surface area contributed by atoms with Crippen LogP contribution in [0.2, 0.25) is 0 Å². The van der Waals surface area contributed by atoms with Crippen LogP contribution in [0.15, 0.2) is 12.3 Å². The number of anilines is 1. The summed E-state index contributed by atoms with van der Waals surface area (Å²) < 4.78 is 5.19. The average molecular weight is 267 g/mol. The maximum Gasteiger partial charge on any atom is 0.237 e. The molecule has 0 bridgehead atoms. The van der Waals surface area contributed by atoms with E-state index >= 15 is 0 Å². The molecular weight excluding hydrogens is 242 g/mol. The van der Waals surface area contributed by atoms with E-state index in [0.29, 0.717) is 12.0 Å². The standard InChI is InChI=1S/C13H25N5O/c1-4-12(5-2)18(8-9-19-3)10-11-6-7-15-13(16-11)17-14/h6-7,12H,4-5,8-10,14H2,1-3H3,(H,15,16,17). The van der Waals surface area contributed by atoms with E-state index in [0.717, 1.165) is 38.2 Å². The number of nitrogens with one attached hydrogen (secondary N) is 1. The third-order valence-corrected chi connectivity index (χ3v) is 3.25. The Kier molecular flexibility index (Phi) is 7.32. The highest BCUT2D eigenvalue weighted by atomic mass is 16.5. The number of nitrogens with two attached hydrogens (primary N) is 1. The second-order valence-electron chi connectivity index (χ2n) is 4.45. The van der Waals surface area contributed by atoms with Crippen LogP contribution in [0.1, 0.15) is 32.4 Å². The van der Waals surface area contributed by atoms with E-state index in [9.17, 15) is 0 Å². The Morgan fingerprint density at radius 2 is 2.16 bits per heavy atom. The molecule has 0 atom stereocenters. The van der Waals surface area contributed by atoms with Gasteiger partial charge in [0.25, 0.3) is 0 Å². The van der Waals surface area contributed by atoms with Crippen LogP contribution in [0.4, 0.5) is 5.95 Å². The summed E-state index contributed by atoms with van der Waals surface area (Å²) in [5.41, 5.74) is 3.44. The highest BCUT2D eigenvalue weighted by Gasteiger charge is 2.16. The lowest BCUT2D eigenvalue weighted by Gasteiger charge is -2.29. The van der Waals surface area contributed by atoms with E-state index in [4.69, 9.17) is 10.6 Å². The SMILES string of the molecule is CCC(CC)N(CCOC)Cc1ccnc(NN)n1. The predicted octanol–water partition coefficient (Wildman–Crippen LogP) is 1.40. The number of aromatic nitrogens is 2. The number of hydrogen-bond acceptors (Lipinski definition) is 6. The molecule has 0 fully saturated rings. The van der Waals surface area contributed by atoms with E-state index in [2.05, 4.69) is 34.1 Å². The molecule has 0 spiro atoms. The first-order valence-electron chi connectivity index (χ1n) is 6.76. The fourth-order valence-electron chi connectivity index (χ4n) is 2.17. The first kappa shape index (κ1) is 15.8. The molecule has 0 aromatic carbocycles. The van der Waals surface area contributed by atoms with Crippen molar-refractivity contribution in [3.8, 4) is 0 Å². The van der Waals surface area contributed by atoms with Crippen molar-refractivity contribution >= 4 is 5.95 Å². The molecule has 1 aromatic rings. The van der Waals surface area contributed by atoms with Crippen molar-refractivity contribution in [2.75, 3.05) is 25.7 Å². The molecule has 6 nitrogen and oxygen atoms in total. The van der Waals surface area contributed by atoms with Gasteiger partial charge in [-0.25, -0.2) is 15.8 Å². The number of hydrazine groups is 1. The van der Waals surface area contributed by atoms with Crippen LogP contribution < -0.4 is 11.3 Å². The predicted molar refractivity (Wildman–Crippen MR) is 76.5 cm³/mol. The Balaban J connectivity index is 2.74. The van der Waals surface area contributed by atoms with Crippen molar-refractivity contribution in [1.82, 2.24) is 14.9 Å². The van der Waals surface area contributed by atoms with Gasteiger partial charge in [-0.3, -0.25) is 10.3 Å². The second kappa shape index (κ2) is 8.79. The smallest absolute Gasteiger partial charge is 0.237 e. The van der Waals surface area contributed by atoms with Crippen molar-refractivity contribution in [1.29, 1.82) is 0 Å². The highest BCUT2D eigenvalue weighted by Crippen LogP contribution is 2.12. The Morgan fingerprint density at radius 3 is 2.74 bits per heavy atom. The van der Waals surface area contributed by atoms with Crippen LogP contribution in [-0.2, 0) is 11.3 Å². The summed E-state index contributed by atoms with van der Waals surface area (Å²) in [6.07, 6.45) is 3.96. The molecule has 3 N–H and O–H groups in total. The molecule has 0 unspecified atom stereocenters. The first-order chi connectivity index (χ1) is 9.24. The van der Waals surface area contributed by atoms with Crippen LogP contribution in [0.5, 0.6) is 0 Å². The minimum atomic E-state index is 0.453. The Labute approximate surface area is 115 Å². The van der Waals surface area contributed by atoms with E-state index in [1.165, 1.54) is 0 Å². The molecule has 1 heterocycles. The molecule has 0 saturated heterocycles. The van der Waals surface area contributed by atoms with Crippen molar-refractivity contribution in [2.24, 2.45) is 5.84 Å². The van der Waals surface area contributed by atoms with Crippen molar-refractivity contribution < 1.29 is 4.74 Å². The lowest BCUT2D eigenvalue weighted by molar-refractivity contribution is 0.109. The number of methoxy groups -OCH3 is 1. The van der Waals surface area contributed by atoms with Gasteiger partial charge in [0, 0.05) is 32.4 Å². The van der Waals surface area contributed by atoms with Gasteiger partial charge in [0.05, 0.1) is 12.3 Å². The van der Waals surface area contributed by atoms with Crippen LogP contribution >= 0.6 is 0 Å². The van der Waals surface area contributed by atoms with Crippen molar-refractivity contribution in [3.63, 3.8) is 0 Å². The topological polar surface area (TPSA) is 76.3 Å². The lowest BCUT2D eigenvalue weighted by Crippen LogP contribution is -2.36. The normalized spacial score (nSPS) is 11.3. The van der Waals surface area contributed by atoms with Gasteiger partial charge in [-0.05, 0) is 18.9 Å². The Morgan fingerprint density at radius 1 is 1.42 bits per heavy atom. The maximum absolute atomic E-state index is 5.33. The van der Waals surface area contributed by atoms with Gasteiger partial charge in [-0.1, -0.05) is 13.8 Å². The molecular formula is C13H25N5O. The molecule has 0 amide bonds. The largest absolute Gasteiger partial charge is 0.383 e. The van der Waals surface area contributed by atoms with Gasteiger partial charge in [-0.2, -0.15) is 0 Å². The minimum absolute atomic E-state index is 0.453. The minimum Gasteiger partial charge on any atom is -0.383 e. The van der Waals surface area contributed by atoms with E-state index in [-0.39, 0.29) is 0 Å². The monoisotopic (exact) mass is 267 g/mol. The molecule has 0 aliphatic rings. The summed E-state index contributed by atoms with van der Waals surface area (Å²) in [5, 5.41) is 0. The van der Waals surface area contributed by atoms with Gasteiger partial charge in [0.15, 0.2) is 0 Å². The van der Waals surface area contributed by atoms with Crippen molar-refractivity contribution in [2.45, 2.75) is 39.3 Å². The summed E-state index contributed by atoms with van der Waals surface area (Å²) in [4.78, 5) is 10.8. The fraction of sp³-hybridized carbons (Fsp3) is 0.692. The molecule has 0 aliphatic heterocycles. The molecule has 108 valence electrons. The number of nitrogen functional groups attached to an aromatic ring is 1. The Bertz CT molecular complexity index is 357. The number of hydrogen-bond donors (Lipinski definition) is 2. The third kappa shape index (κ3) is 5.10. The number of nitrogens with zero attached hydrogens (tertiary/aromatic N) is 3. The van der Waals surface area contributed by atoms with Crippen LogP contribution in [0.25, 0.3) is 0 Å². The second-order valence-corrected chi connectivity index (χ2v) is 4.45. The van der Waals surface area contributed by atoms with Gasteiger partial charge >= 0.3 is 0 Å². The average Bonchev–Trinajstić information content (AvgIpc) is 2.46. The molecule has 0 aliphatic carbocycles. The van der Waals surface area contributed by atoms with Crippen molar-refractivity contribution in [3.05, 3.63) is 18.0 Å². The molecule has 1 rings (SSSR count). The highest BCUT2D eigenvalue weighted by molar-refractivity contribution is 5.22. The number of ether oxygens (including phenoxy) is 1. The molecule has 0 radical (unpaired) electrons. The zero-order valence-electron chi connectivity index (χ0n) is 12.1. The number of rotatable bonds is 9. The zero-order chi connectivity index (χ0) is 14.1. The Hall–Kier alpha value is -1.24. The molecule has 19 heavy (non-hydrogen) atoms. The lowest BCUT2D eigenvalue weighted by atomic mass is 10.1. The van der Waals surface area contributed by atoms with Crippen LogP contribution in [0, 0.1) is 0 Å². The van der Waals surface area contributed by atoms with E-state index < -0.39 is 0 Å². The summed E-state index contributed by atoms with van der Waals surface area (Å²) in [7, 11) is 1.73. The van der Waals surface area contributed by atoms with E-state index in [1.807, 2.05) is 6.07 Å². The maximum atomic E-state index is 5.33.